The van der Waals surface area contributed by atoms with Gasteiger partial charge in [0.05, 0.1) is 11.0 Å². The van der Waals surface area contributed by atoms with Crippen molar-refractivity contribution in [2.75, 3.05) is 0 Å². The largest absolute Gasteiger partial charge is 0.243 e. The topological polar surface area (TPSA) is 25.8 Å². The van der Waals surface area contributed by atoms with Crippen molar-refractivity contribution in [3.8, 4) is 11.3 Å². The molecule has 4 aromatic rings. The Balaban J connectivity index is 1.94. The van der Waals surface area contributed by atoms with Crippen LogP contribution in [0.25, 0.3) is 33.1 Å². The fourth-order valence-electron chi connectivity index (χ4n) is 3.06. The summed E-state index contributed by atoms with van der Waals surface area (Å²) in [5, 5.41) is 2.82. The average Bonchev–Trinajstić information content (AvgIpc) is 2.60. The molecule has 0 radical (unpaired) electrons. The van der Waals surface area contributed by atoms with E-state index in [0.717, 1.165) is 22.3 Å². The first kappa shape index (κ1) is 15.1. The zero-order valence-corrected chi connectivity index (χ0v) is 14.4. The van der Waals surface area contributed by atoms with Crippen LogP contribution in [0.1, 0.15) is 25.3 Å². The number of fused-ring (bicyclic) bond motifs is 2. The highest BCUT2D eigenvalue weighted by Gasteiger charge is 2.13. The maximum absolute atomic E-state index is 6.49. The molecule has 118 valence electrons. The van der Waals surface area contributed by atoms with Crippen LogP contribution in [0.2, 0.25) is 5.15 Å². The first-order valence-corrected chi connectivity index (χ1v) is 8.46. The molecule has 0 saturated heterocycles. The molecule has 3 aromatic carbocycles. The molecule has 4 rings (SSSR count). The molecular formula is C21H17ClN2. The molecule has 0 fully saturated rings. The molecule has 0 unspecified atom stereocenters. The number of aromatic nitrogens is 2. The third-order valence-electron chi connectivity index (χ3n) is 4.33. The van der Waals surface area contributed by atoms with E-state index in [0.29, 0.717) is 11.1 Å². The van der Waals surface area contributed by atoms with Crippen molar-refractivity contribution in [1.29, 1.82) is 0 Å². The number of para-hydroxylation sites is 1. The summed E-state index contributed by atoms with van der Waals surface area (Å²) in [5.74, 6) is 0.380. The van der Waals surface area contributed by atoms with Gasteiger partial charge in [-0.1, -0.05) is 74.0 Å². The van der Waals surface area contributed by atoms with Gasteiger partial charge >= 0.3 is 0 Å². The lowest BCUT2D eigenvalue weighted by atomic mass is 10.0. The lowest BCUT2D eigenvalue weighted by Gasteiger charge is -2.11. The fourth-order valence-corrected chi connectivity index (χ4v) is 3.30. The minimum Gasteiger partial charge on any atom is -0.243 e. The number of hydrogen-bond donors (Lipinski definition) is 0. The van der Waals surface area contributed by atoms with E-state index in [1.807, 2.05) is 24.3 Å². The van der Waals surface area contributed by atoms with E-state index in [1.165, 1.54) is 16.3 Å². The summed E-state index contributed by atoms with van der Waals surface area (Å²) in [6, 6.07) is 20.6. The SMILES string of the molecule is CC(C)c1cccc2nc(-c3ccc4ccccc4c3)c(Cl)nc12. The highest BCUT2D eigenvalue weighted by molar-refractivity contribution is 6.32. The smallest absolute Gasteiger partial charge is 0.156 e. The van der Waals surface area contributed by atoms with Gasteiger partial charge in [0.2, 0.25) is 0 Å². The first-order chi connectivity index (χ1) is 11.6. The molecule has 3 heteroatoms. The Kier molecular flexibility index (Phi) is 3.70. The Morgan fingerprint density at radius 1 is 0.833 bits per heavy atom. The second kappa shape index (κ2) is 5.88. The average molecular weight is 333 g/mol. The van der Waals surface area contributed by atoms with Gasteiger partial charge in [0.15, 0.2) is 5.15 Å². The van der Waals surface area contributed by atoms with Crippen molar-refractivity contribution in [2.45, 2.75) is 19.8 Å². The summed E-state index contributed by atoms with van der Waals surface area (Å²) in [5.41, 5.74) is 4.67. The van der Waals surface area contributed by atoms with Gasteiger partial charge in [0, 0.05) is 5.56 Å². The summed E-state index contributed by atoms with van der Waals surface area (Å²) in [4.78, 5) is 9.46. The molecule has 24 heavy (non-hydrogen) atoms. The van der Waals surface area contributed by atoms with Gasteiger partial charge in [-0.2, -0.15) is 0 Å². The van der Waals surface area contributed by atoms with Crippen molar-refractivity contribution >= 4 is 33.4 Å². The molecule has 0 amide bonds. The summed E-state index contributed by atoms with van der Waals surface area (Å²) in [6.45, 7) is 4.31. The van der Waals surface area contributed by atoms with Crippen LogP contribution in [-0.4, -0.2) is 9.97 Å². The molecule has 0 atom stereocenters. The predicted octanol–water partition coefficient (Wildman–Crippen LogP) is 6.23. The van der Waals surface area contributed by atoms with Crippen molar-refractivity contribution in [3.05, 3.63) is 71.4 Å². The van der Waals surface area contributed by atoms with Crippen LogP contribution in [-0.2, 0) is 0 Å². The van der Waals surface area contributed by atoms with Crippen molar-refractivity contribution in [3.63, 3.8) is 0 Å². The highest BCUT2D eigenvalue weighted by Crippen LogP contribution is 2.31. The third-order valence-corrected chi connectivity index (χ3v) is 4.59. The monoisotopic (exact) mass is 332 g/mol. The zero-order valence-electron chi connectivity index (χ0n) is 13.6. The van der Waals surface area contributed by atoms with Gasteiger partial charge in [-0.15, -0.1) is 0 Å². The fraction of sp³-hybridized carbons (Fsp3) is 0.143. The van der Waals surface area contributed by atoms with Crippen LogP contribution < -0.4 is 0 Å². The Hall–Kier alpha value is -2.45. The van der Waals surface area contributed by atoms with Gasteiger partial charge in [-0.05, 0) is 34.4 Å². The van der Waals surface area contributed by atoms with Crippen LogP contribution in [0.5, 0.6) is 0 Å². The van der Waals surface area contributed by atoms with Crippen molar-refractivity contribution < 1.29 is 0 Å². The molecule has 0 bridgehead atoms. The third kappa shape index (κ3) is 2.53. The Bertz CT molecular complexity index is 1050. The molecule has 2 nitrogen and oxygen atoms in total. The molecule has 1 aromatic heterocycles. The Labute approximate surface area is 146 Å². The van der Waals surface area contributed by atoms with Crippen LogP contribution in [0.4, 0.5) is 0 Å². The number of hydrogen-bond acceptors (Lipinski definition) is 2. The van der Waals surface area contributed by atoms with Gasteiger partial charge in [0.1, 0.15) is 5.69 Å². The molecule has 0 saturated carbocycles. The molecule has 1 heterocycles. The Morgan fingerprint density at radius 2 is 1.62 bits per heavy atom. The van der Waals surface area contributed by atoms with Crippen molar-refractivity contribution in [1.82, 2.24) is 9.97 Å². The number of halogens is 1. The molecule has 0 N–H and O–H groups in total. The molecule has 0 aliphatic heterocycles. The number of benzene rings is 3. The van der Waals surface area contributed by atoms with E-state index in [-0.39, 0.29) is 0 Å². The van der Waals surface area contributed by atoms with Crippen LogP contribution in [0.15, 0.2) is 60.7 Å². The van der Waals surface area contributed by atoms with E-state index < -0.39 is 0 Å². The minimum absolute atomic E-state index is 0.380. The normalized spacial score (nSPS) is 11.5. The minimum atomic E-state index is 0.380. The maximum Gasteiger partial charge on any atom is 0.156 e. The van der Waals surface area contributed by atoms with Crippen LogP contribution in [0.3, 0.4) is 0 Å². The van der Waals surface area contributed by atoms with E-state index >= 15 is 0 Å². The number of nitrogens with zero attached hydrogens (tertiary/aromatic N) is 2. The van der Waals surface area contributed by atoms with Crippen LogP contribution >= 0.6 is 11.6 Å². The van der Waals surface area contributed by atoms with Crippen molar-refractivity contribution in [2.24, 2.45) is 0 Å². The summed E-state index contributed by atoms with van der Waals surface area (Å²) < 4.78 is 0. The molecular weight excluding hydrogens is 316 g/mol. The second-order valence-corrected chi connectivity index (χ2v) is 6.65. The highest BCUT2D eigenvalue weighted by atomic mass is 35.5. The summed E-state index contributed by atoms with van der Waals surface area (Å²) in [6.07, 6.45) is 0. The van der Waals surface area contributed by atoms with E-state index in [2.05, 4.69) is 55.2 Å². The summed E-state index contributed by atoms with van der Waals surface area (Å²) >= 11 is 6.49. The first-order valence-electron chi connectivity index (χ1n) is 8.09. The van der Waals surface area contributed by atoms with Crippen LogP contribution in [0, 0.1) is 0 Å². The number of rotatable bonds is 2. The van der Waals surface area contributed by atoms with E-state index in [1.54, 1.807) is 0 Å². The molecule has 0 aliphatic rings. The maximum atomic E-state index is 6.49. The lowest BCUT2D eigenvalue weighted by Crippen LogP contribution is -1.96. The van der Waals surface area contributed by atoms with Gasteiger partial charge < -0.3 is 0 Å². The molecule has 0 aliphatic carbocycles. The van der Waals surface area contributed by atoms with Gasteiger partial charge in [-0.25, -0.2) is 9.97 Å². The quantitative estimate of drug-likeness (QED) is 0.435. The second-order valence-electron chi connectivity index (χ2n) is 6.29. The lowest BCUT2D eigenvalue weighted by molar-refractivity contribution is 0.872. The summed E-state index contributed by atoms with van der Waals surface area (Å²) in [7, 11) is 0. The van der Waals surface area contributed by atoms with E-state index in [4.69, 9.17) is 16.6 Å². The zero-order chi connectivity index (χ0) is 16.7. The predicted molar refractivity (Wildman–Crippen MR) is 102 cm³/mol. The Morgan fingerprint density at radius 3 is 2.42 bits per heavy atom. The molecule has 0 spiro atoms. The van der Waals surface area contributed by atoms with Gasteiger partial charge in [-0.3, -0.25) is 0 Å². The standard InChI is InChI=1S/C21H17ClN2/c1-13(2)17-8-5-9-18-20(17)24-21(22)19(23-18)16-11-10-14-6-3-4-7-15(14)12-16/h3-13H,1-2H3. The van der Waals surface area contributed by atoms with E-state index in [9.17, 15) is 0 Å². The van der Waals surface area contributed by atoms with Gasteiger partial charge in [0.25, 0.3) is 0 Å².